The molecule has 0 fully saturated rings. The highest BCUT2D eigenvalue weighted by atomic mass is 16.5. The summed E-state index contributed by atoms with van der Waals surface area (Å²) in [4.78, 5) is 9.12. The smallest absolute Gasteiger partial charge is 0.229 e. The van der Waals surface area contributed by atoms with Gasteiger partial charge in [0.15, 0.2) is 0 Å². The third kappa shape index (κ3) is 4.28. The lowest BCUT2D eigenvalue weighted by Crippen LogP contribution is -2.05. The first kappa shape index (κ1) is 18.5. The highest BCUT2D eigenvalue weighted by Gasteiger charge is 2.10. The largest absolute Gasteiger partial charge is 0.497 e. The average molecular weight is 364 g/mol. The van der Waals surface area contributed by atoms with Gasteiger partial charge in [-0.1, -0.05) is 18.2 Å². The van der Waals surface area contributed by atoms with Crippen molar-refractivity contribution in [2.75, 3.05) is 24.9 Å². The minimum absolute atomic E-state index is 0.539. The van der Waals surface area contributed by atoms with E-state index in [1.54, 1.807) is 14.2 Å². The molecule has 2 N–H and O–H groups in total. The lowest BCUT2D eigenvalue weighted by Gasteiger charge is -2.15. The molecule has 2 aromatic carbocycles. The summed E-state index contributed by atoms with van der Waals surface area (Å²) in [6, 6.07) is 13.6. The number of aryl methyl sites for hydroxylation is 3. The van der Waals surface area contributed by atoms with Gasteiger partial charge in [0.1, 0.15) is 17.3 Å². The number of nitrogens with one attached hydrogen (secondary N) is 2. The number of aromatic nitrogens is 2. The third-order valence-corrected chi connectivity index (χ3v) is 4.24. The molecule has 1 aromatic heterocycles. The van der Waals surface area contributed by atoms with E-state index < -0.39 is 0 Å². The van der Waals surface area contributed by atoms with E-state index in [9.17, 15) is 0 Å². The number of para-hydroxylation sites is 1. The molecule has 1 heterocycles. The van der Waals surface area contributed by atoms with Crippen LogP contribution in [-0.4, -0.2) is 24.2 Å². The zero-order valence-corrected chi connectivity index (χ0v) is 16.3. The maximum absolute atomic E-state index is 5.43. The number of hydrogen-bond donors (Lipinski definition) is 2. The maximum Gasteiger partial charge on any atom is 0.229 e. The van der Waals surface area contributed by atoms with Crippen LogP contribution in [0.4, 0.5) is 23.1 Å². The van der Waals surface area contributed by atoms with Gasteiger partial charge in [-0.2, -0.15) is 4.98 Å². The Morgan fingerprint density at radius 1 is 0.815 bits per heavy atom. The van der Waals surface area contributed by atoms with Gasteiger partial charge in [0.05, 0.1) is 19.9 Å². The molecule has 0 unspecified atom stereocenters. The molecule has 0 spiro atoms. The van der Waals surface area contributed by atoms with Crippen molar-refractivity contribution in [3.05, 3.63) is 59.3 Å². The molecule has 6 heteroatoms. The molecule has 27 heavy (non-hydrogen) atoms. The van der Waals surface area contributed by atoms with Gasteiger partial charge >= 0.3 is 0 Å². The number of rotatable bonds is 6. The third-order valence-electron chi connectivity index (χ3n) is 4.24. The molecule has 0 aliphatic rings. The van der Waals surface area contributed by atoms with Gasteiger partial charge in [0, 0.05) is 23.5 Å². The lowest BCUT2D eigenvalue weighted by atomic mass is 10.1. The van der Waals surface area contributed by atoms with Gasteiger partial charge < -0.3 is 20.1 Å². The number of ether oxygens (including phenoxy) is 2. The zero-order chi connectivity index (χ0) is 19.4. The van der Waals surface area contributed by atoms with Crippen molar-refractivity contribution in [3.8, 4) is 11.5 Å². The quantitative estimate of drug-likeness (QED) is 0.648. The van der Waals surface area contributed by atoms with Crippen molar-refractivity contribution in [2.24, 2.45) is 0 Å². The fourth-order valence-electron chi connectivity index (χ4n) is 2.86. The Balaban J connectivity index is 1.92. The summed E-state index contributed by atoms with van der Waals surface area (Å²) < 4.78 is 10.7. The van der Waals surface area contributed by atoms with Gasteiger partial charge in [-0.3, -0.25) is 0 Å². The van der Waals surface area contributed by atoms with Crippen molar-refractivity contribution >= 4 is 23.1 Å². The van der Waals surface area contributed by atoms with Crippen molar-refractivity contribution in [1.29, 1.82) is 0 Å². The predicted molar refractivity (Wildman–Crippen MR) is 109 cm³/mol. The summed E-state index contributed by atoms with van der Waals surface area (Å²) in [6.07, 6.45) is 0. The van der Waals surface area contributed by atoms with Crippen LogP contribution in [0.1, 0.15) is 16.8 Å². The standard InChI is InChI=1S/C21H24N4O2/c1-13-7-6-8-14(2)20(13)25-21-22-15(3)11-19(24-21)23-17-12-16(26-4)9-10-18(17)27-5/h6-12H,1-5H3,(H2,22,23,24,25). The average Bonchev–Trinajstić information content (AvgIpc) is 2.64. The van der Waals surface area contributed by atoms with Crippen LogP contribution in [0.15, 0.2) is 42.5 Å². The van der Waals surface area contributed by atoms with Gasteiger partial charge in [0.25, 0.3) is 0 Å². The highest BCUT2D eigenvalue weighted by Crippen LogP contribution is 2.31. The number of benzene rings is 2. The molecule has 3 rings (SSSR count). The fraction of sp³-hybridized carbons (Fsp3) is 0.238. The van der Waals surface area contributed by atoms with E-state index in [4.69, 9.17) is 9.47 Å². The minimum atomic E-state index is 0.539. The molecule has 140 valence electrons. The Hall–Kier alpha value is -3.28. The SMILES string of the molecule is COc1ccc(OC)c(Nc2cc(C)nc(Nc3c(C)cccc3C)n2)c1. The summed E-state index contributed by atoms with van der Waals surface area (Å²) >= 11 is 0. The van der Waals surface area contributed by atoms with E-state index in [0.29, 0.717) is 17.5 Å². The van der Waals surface area contributed by atoms with E-state index in [-0.39, 0.29) is 0 Å². The molecule has 0 bridgehead atoms. The molecule has 0 saturated heterocycles. The van der Waals surface area contributed by atoms with Crippen LogP contribution in [-0.2, 0) is 0 Å². The molecule has 0 amide bonds. The van der Waals surface area contributed by atoms with Crippen molar-refractivity contribution in [3.63, 3.8) is 0 Å². The van der Waals surface area contributed by atoms with Crippen LogP contribution in [0.3, 0.4) is 0 Å². The monoisotopic (exact) mass is 364 g/mol. The van der Waals surface area contributed by atoms with Crippen LogP contribution in [0.25, 0.3) is 0 Å². The first-order chi connectivity index (χ1) is 13.0. The first-order valence-electron chi connectivity index (χ1n) is 8.68. The van der Waals surface area contributed by atoms with Crippen molar-refractivity contribution in [1.82, 2.24) is 9.97 Å². The van der Waals surface area contributed by atoms with Crippen molar-refractivity contribution < 1.29 is 9.47 Å². The summed E-state index contributed by atoms with van der Waals surface area (Å²) in [5, 5.41) is 6.64. The molecule has 0 aliphatic heterocycles. The van der Waals surface area contributed by atoms with Crippen LogP contribution >= 0.6 is 0 Å². The Morgan fingerprint density at radius 2 is 1.56 bits per heavy atom. The molecule has 0 aliphatic carbocycles. The van der Waals surface area contributed by atoms with Crippen LogP contribution in [0.2, 0.25) is 0 Å². The minimum Gasteiger partial charge on any atom is -0.497 e. The number of nitrogens with zero attached hydrogens (tertiary/aromatic N) is 2. The van der Waals surface area contributed by atoms with E-state index in [2.05, 4.69) is 46.6 Å². The summed E-state index contributed by atoms with van der Waals surface area (Å²) in [7, 11) is 3.26. The van der Waals surface area contributed by atoms with Crippen LogP contribution in [0, 0.1) is 20.8 Å². The van der Waals surface area contributed by atoms with E-state index in [1.807, 2.05) is 37.3 Å². The normalized spacial score (nSPS) is 10.4. The number of anilines is 4. The molecule has 0 atom stereocenters. The maximum atomic E-state index is 5.43. The Morgan fingerprint density at radius 3 is 2.22 bits per heavy atom. The van der Waals surface area contributed by atoms with E-state index in [0.717, 1.165) is 33.9 Å². The van der Waals surface area contributed by atoms with Gasteiger partial charge in [-0.25, -0.2) is 4.98 Å². The number of hydrogen-bond acceptors (Lipinski definition) is 6. The van der Waals surface area contributed by atoms with Gasteiger partial charge in [-0.15, -0.1) is 0 Å². The molecular formula is C21H24N4O2. The summed E-state index contributed by atoms with van der Waals surface area (Å²) in [6.45, 7) is 6.06. The lowest BCUT2D eigenvalue weighted by molar-refractivity contribution is 0.405. The molecule has 3 aromatic rings. The second kappa shape index (κ2) is 7.95. The Bertz CT molecular complexity index is 937. The molecular weight excluding hydrogens is 340 g/mol. The van der Waals surface area contributed by atoms with Gasteiger partial charge in [0.2, 0.25) is 5.95 Å². The first-order valence-corrected chi connectivity index (χ1v) is 8.68. The fourth-order valence-corrected chi connectivity index (χ4v) is 2.86. The zero-order valence-electron chi connectivity index (χ0n) is 16.3. The number of methoxy groups -OCH3 is 2. The highest BCUT2D eigenvalue weighted by molar-refractivity contribution is 5.68. The van der Waals surface area contributed by atoms with Crippen LogP contribution < -0.4 is 20.1 Å². The van der Waals surface area contributed by atoms with Gasteiger partial charge in [-0.05, 0) is 44.0 Å². The predicted octanol–water partition coefficient (Wildman–Crippen LogP) is 4.91. The summed E-state index contributed by atoms with van der Waals surface area (Å²) in [5.74, 6) is 2.65. The molecule has 0 radical (unpaired) electrons. The van der Waals surface area contributed by atoms with E-state index in [1.165, 1.54) is 0 Å². The van der Waals surface area contributed by atoms with Crippen LogP contribution in [0.5, 0.6) is 11.5 Å². The topological polar surface area (TPSA) is 68.3 Å². The molecule has 0 saturated carbocycles. The molecule has 6 nitrogen and oxygen atoms in total. The summed E-state index contributed by atoms with van der Waals surface area (Å²) in [5.41, 5.74) is 4.93. The van der Waals surface area contributed by atoms with E-state index >= 15 is 0 Å². The second-order valence-electron chi connectivity index (χ2n) is 6.30. The van der Waals surface area contributed by atoms with Crippen molar-refractivity contribution in [2.45, 2.75) is 20.8 Å². The Labute approximate surface area is 159 Å². The Kier molecular flexibility index (Phi) is 5.45. The second-order valence-corrected chi connectivity index (χ2v) is 6.30.